The van der Waals surface area contributed by atoms with Crippen LogP contribution in [0.5, 0.6) is 0 Å². The van der Waals surface area contributed by atoms with Crippen molar-refractivity contribution in [3.8, 4) is 0 Å². The van der Waals surface area contributed by atoms with Crippen molar-refractivity contribution >= 4 is 23.4 Å². The van der Waals surface area contributed by atoms with Gasteiger partial charge in [0.25, 0.3) is 11.8 Å². The van der Waals surface area contributed by atoms with Crippen LogP contribution in [0.2, 0.25) is 0 Å². The predicted molar refractivity (Wildman–Crippen MR) is 68.5 cm³/mol. The van der Waals surface area contributed by atoms with Gasteiger partial charge in [0.2, 0.25) is 5.91 Å². The zero-order chi connectivity index (χ0) is 14.2. The molecular weight excluding hydrogens is 248 g/mol. The molecule has 5 N–H and O–H groups in total. The number of carbonyl (C=O) groups excluding carboxylic acids is 3. The molecule has 0 saturated carbocycles. The Morgan fingerprint density at radius 1 is 1.32 bits per heavy atom. The van der Waals surface area contributed by atoms with Crippen molar-refractivity contribution in [2.75, 3.05) is 18.9 Å². The van der Waals surface area contributed by atoms with Crippen LogP contribution in [0.15, 0.2) is 18.2 Å². The maximum atomic E-state index is 11.8. The first-order valence-corrected chi connectivity index (χ1v) is 5.67. The van der Waals surface area contributed by atoms with Crippen molar-refractivity contribution in [3.05, 3.63) is 29.3 Å². The second kappa shape index (κ2) is 4.69. The first kappa shape index (κ1) is 13.0. The van der Waals surface area contributed by atoms with Crippen LogP contribution >= 0.6 is 0 Å². The highest BCUT2D eigenvalue weighted by molar-refractivity contribution is 6.21. The Kier molecular flexibility index (Phi) is 3.22. The molecule has 1 atom stereocenters. The highest BCUT2D eigenvalue weighted by Crippen LogP contribution is 2.24. The molecular formula is C12H14N4O3. The first-order valence-electron chi connectivity index (χ1n) is 5.67. The summed E-state index contributed by atoms with van der Waals surface area (Å²) in [6, 6.07) is 3.97. The van der Waals surface area contributed by atoms with E-state index in [1.165, 1.54) is 7.05 Å². The van der Waals surface area contributed by atoms with Gasteiger partial charge < -0.3 is 16.8 Å². The molecule has 0 aliphatic carbocycles. The molecule has 0 aromatic heterocycles. The lowest BCUT2D eigenvalue weighted by atomic mass is 10.1. The number of anilines is 1. The van der Waals surface area contributed by atoms with Gasteiger partial charge in [0.05, 0.1) is 11.1 Å². The van der Waals surface area contributed by atoms with Crippen LogP contribution in [-0.2, 0) is 4.79 Å². The second-order valence-corrected chi connectivity index (χ2v) is 4.32. The summed E-state index contributed by atoms with van der Waals surface area (Å²) in [7, 11) is 1.43. The van der Waals surface area contributed by atoms with Crippen LogP contribution in [0.25, 0.3) is 0 Å². The van der Waals surface area contributed by atoms with Gasteiger partial charge >= 0.3 is 0 Å². The molecule has 7 heteroatoms. The summed E-state index contributed by atoms with van der Waals surface area (Å²) in [6.45, 7) is 0.159. The normalized spacial score (nSPS) is 15.4. The second-order valence-electron chi connectivity index (χ2n) is 4.32. The number of imide groups is 1. The molecule has 0 radical (unpaired) electrons. The molecule has 1 aromatic rings. The van der Waals surface area contributed by atoms with Crippen LogP contribution in [-0.4, -0.2) is 42.3 Å². The number of amides is 3. The molecule has 2 rings (SSSR count). The number of hydrogen-bond donors (Lipinski definition) is 3. The van der Waals surface area contributed by atoms with E-state index in [9.17, 15) is 14.4 Å². The van der Waals surface area contributed by atoms with Crippen LogP contribution < -0.4 is 16.8 Å². The first-order chi connectivity index (χ1) is 8.91. The number of hydrogen-bond acceptors (Lipinski definition) is 5. The molecule has 0 fully saturated rings. The lowest BCUT2D eigenvalue weighted by Crippen LogP contribution is -2.41. The number of nitrogens with one attached hydrogen (secondary N) is 1. The maximum absolute atomic E-state index is 11.8. The van der Waals surface area contributed by atoms with Gasteiger partial charge in [-0.3, -0.25) is 19.3 Å². The Balaban J connectivity index is 2.17. The highest BCUT2D eigenvalue weighted by atomic mass is 16.2. The molecule has 0 bridgehead atoms. The molecule has 7 nitrogen and oxygen atoms in total. The van der Waals surface area contributed by atoms with Gasteiger partial charge in [0.15, 0.2) is 0 Å². The van der Waals surface area contributed by atoms with E-state index in [1.54, 1.807) is 18.2 Å². The number of primary amides is 1. The average Bonchev–Trinajstić information content (AvgIpc) is 2.61. The fourth-order valence-electron chi connectivity index (χ4n) is 1.80. The maximum Gasteiger partial charge on any atom is 0.261 e. The summed E-state index contributed by atoms with van der Waals surface area (Å²) in [4.78, 5) is 35.3. The minimum atomic E-state index is -0.812. The third-order valence-electron chi connectivity index (χ3n) is 2.98. The molecule has 1 heterocycles. The summed E-state index contributed by atoms with van der Waals surface area (Å²) >= 11 is 0. The van der Waals surface area contributed by atoms with Crippen molar-refractivity contribution in [3.63, 3.8) is 0 Å². The summed E-state index contributed by atoms with van der Waals surface area (Å²) < 4.78 is 0. The van der Waals surface area contributed by atoms with Gasteiger partial charge in [-0.1, -0.05) is 0 Å². The molecule has 1 aromatic carbocycles. The average molecular weight is 262 g/mol. The van der Waals surface area contributed by atoms with Crippen molar-refractivity contribution in [2.24, 2.45) is 11.5 Å². The Morgan fingerprint density at radius 3 is 2.58 bits per heavy atom. The van der Waals surface area contributed by atoms with Crippen LogP contribution in [0.3, 0.4) is 0 Å². The summed E-state index contributed by atoms with van der Waals surface area (Å²) in [5.41, 5.74) is 11.8. The number of rotatable bonds is 4. The molecule has 100 valence electrons. The van der Waals surface area contributed by atoms with Crippen LogP contribution in [0, 0.1) is 0 Å². The molecule has 1 aliphatic heterocycles. The van der Waals surface area contributed by atoms with E-state index >= 15 is 0 Å². The Bertz CT molecular complexity index is 570. The molecule has 1 unspecified atom stereocenters. The van der Waals surface area contributed by atoms with Crippen molar-refractivity contribution in [1.29, 1.82) is 0 Å². The summed E-state index contributed by atoms with van der Waals surface area (Å²) in [5.74, 6) is -1.28. The van der Waals surface area contributed by atoms with E-state index in [0.717, 1.165) is 4.90 Å². The largest absolute Gasteiger partial charge is 0.383 e. The standard InChI is InChI=1S/C12H14N4O3/c1-16-11(18)7-3-2-6(4-8(7)12(16)19)15-5-9(13)10(14)17/h2-4,9,15H,5,13H2,1H3,(H2,14,17). The minimum absolute atomic E-state index is 0.159. The zero-order valence-corrected chi connectivity index (χ0v) is 10.3. The third-order valence-corrected chi connectivity index (χ3v) is 2.98. The Morgan fingerprint density at radius 2 is 1.95 bits per heavy atom. The number of fused-ring (bicyclic) bond motifs is 1. The highest BCUT2D eigenvalue weighted by Gasteiger charge is 2.32. The lowest BCUT2D eigenvalue weighted by molar-refractivity contribution is -0.118. The fraction of sp³-hybridized carbons (Fsp3) is 0.250. The smallest absolute Gasteiger partial charge is 0.261 e. The molecule has 3 amide bonds. The number of carbonyl (C=O) groups is 3. The summed E-state index contributed by atoms with van der Waals surface area (Å²) in [5, 5.41) is 2.90. The zero-order valence-electron chi connectivity index (χ0n) is 10.3. The quantitative estimate of drug-likeness (QED) is 0.610. The predicted octanol–water partition coefficient (Wildman–Crippen LogP) is -0.863. The lowest BCUT2D eigenvalue weighted by Gasteiger charge is -2.10. The van der Waals surface area contributed by atoms with Gasteiger partial charge in [-0.2, -0.15) is 0 Å². The van der Waals surface area contributed by atoms with Crippen LogP contribution in [0.1, 0.15) is 20.7 Å². The monoisotopic (exact) mass is 262 g/mol. The summed E-state index contributed by atoms with van der Waals surface area (Å²) in [6.07, 6.45) is 0. The van der Waals surface area contributed by atoms with Gasteiger partial charge in [-0.15, -0.1) is 0 Å². The SMILES string of the molecule is CN1C(=O)c2ccc(NCC(N)C(N)=O)cc2C1=O. The van der Waals surface area contributed by atoms with Crippen molar-refractivity contribution < 1.29 is 14.4 Å². The van der Waals surface area contributed by atoms with Gasteiger partial charge in [0, 0.05) is 19.3 Å². The molecule has 1 aliphatic rings. The van der Waals surface area contributed by atoms with E-state index in [4.69, 9.17) is 11.5 Å². The van der Waals surface area contributed by atoms with E-state index in [2.05, 4.69) is 5.32 Å². The van der Waals surface area contributed by atoms with Gasteiger partial charge in [-0.25, -0.2) is 0 Å². The van der Waals surface area contributed by atoms with Gasteiger partial charge in [-0.05, 0) is 18.2 Å². The minimum Gasteiger partial charge on any atom is -0.383 e. The van der Waals surface area contributed by atoms with E-state index < -0.39 is 11.9 Å². The Hall–Kier alpha value is -2.41. The van der Waals surface area contributed by atoms with Crippen LogP contribution in [0.4, 0.5) is 5.69 Å². The van der Waals surface area contributed by atoms with Gasteiger partial charge in [0.1, 0.15) is 6.04 Å². The number of nitrogens with two attached hydrogens (primary N) is 2. The fourth-order valence-corrected chi connectivity index (χ4v) is 1.80. The van der Waals surface area contributed by atoms with E-state index in [1.807, 2.05) is 0 Å². The molecule has 19 heavy (non-hydrogen) atoms. The third kappa shape index (κ3) is 2.27. The van der Waals surface area contributed by atoms with E-state index in [0.29, 0.717) is 16.8 Å². The Labute approximate surface area is 109 Å². The van der Waals surface area contributed by atoms with E-state index in [-0.39, 0.29) is 18.4 Å². The number of nitrogens with zero attached hydrogens (tertiary/aromatic N) is 1. The molecule has 0 spiro atoms. The number of benzene rings is 1. The van der Waals surface area contributed by atoms with Crippen molar-refractivity contribution in [2.45, 2.75) is 6.04 Å². The topological polar surface area (TPSA) is 119 Å². The van der Waals surface area contributed by atoms with Crippen molar-refractivity contribution in [1.82, 2.24) is 4.90 Å². The molecule has 0 saturated heterocycles.